The van der Waals surface area contributed by atoms with Gasteiger partial charge >= 0.3 is 0 Å². The van der Waals surface area contributed by atoms with Gasteiger partial charge in [-0.15, -0.1) is 11.3 Å². The van der Waals surface area contributed by atoms with Gasteiger partial charge in [-0.25, -0.2) is 9.97 Å². The zero-order chi connectivity index (χ0) is 12.7. The smallest absolute Gasteiger partial charge is 0.170 e. The summed E-state index contributed by atoms with van der Waals surface area (Å²) in [6.45, 7) is 0. The van der Waals surface area contributed by atoms with Crippen LogP contribution in [0.25, 0.3) is 10.8 Å². The monoisotopic (exact) mass is 282 g/mol. The summed E-state index contributed by atoms with van der Waals surface area (Å²) in [6, 6.07) is 0.384. The van der Waals surface area contributed by atoms with Gasteiger partial charge in [0.05, 0.1) is 17.9 Å². The molecular formula is C12H15ClN4S. The van der Waals surface area contributed by atoms with Crippen molar-refractivity contribution in [1.82, 2.24) is 19.9 Å². The maximum atomic E-state index is 6.03. The molecule has 3 rings (SSSR count). The summed E-state index contributed by atoms with van der Waals surface area (Å²) in [4.78, 5) is 10.5. The van der Waals surface area contributed by atoms with Crippen LogP contribution < -0.4 is 5.32 Å². The van der Waals surface area contributed by atoms with E-state index in [2.05, 4.69) is 10.3 Å². The first-order valence-corrected chi connectivity index (χ1v) is 7.24. The Bertz CT molecular complexity index is 575. The summed E-state index contributed by atoms with van der Waals surface area (Å²) in [7, 11) is 3.91. The minimum absolute atomic E-state index is 0.384. The van der Waals surface area contributed by atoms with Crippen LogP contribution in [0.2, 0.25) is 5.15 Å². The van der Waals surface area contributed by atoms with Crippen molar-refractivity contribution < 1.29 is 0 Å². The Kier molecular flexibility index (Phi) is 3.13. The fourth-order valence-corrected chi connectivity index (χ4v) is 3.71. The van der Waals surface area contributed by atoms with Crippen molar-refractivity contribution in [2.45, 2.75) is 25.3 Å². The highest BCUT2D eigenvalue weighted by Crippen LogP contribution is 2.36. The van der Waals surface area contributed by atoms with Gasteiger partial charge in [-0.1, -0.05) is 11.6 Å². The minimum Gasteiger partial charge on any atom is -0.316 e. The number of rotatable bonds is 2. The summed E-state index contributed by atoms with van der Waals surface area (Å²) in [5, 5.41) is 4.95. The van der Waals surface area contributed by atoms with Crippen molar-refractivity contribution in [3.8, 4) is 10.8 Å². The lowest BCUT2D eigenvalue weighted by Crippen LogP contribution is -2.21. The van der Waals surface area contributed by atoms with E-state index in [-0.39, 0.29) is 0 Å². The zero-order valence-electron chi connectivity index (χ0n) is 10.4. The van der Waals surface area contributed by atoms with Crippen molar-refractivity contribution in [2.75, 3.05) is 7.05 Å². The molecule has 2 aromatic heterocycles. The van der Waals surface area contributed by atoms with Crippen LogP contribution in [0.4, 0.5) is 0 Å². The molecule has 0 saturated heterocycles. The topological polar surface area (TPSA) is 42.7 Å². The molecule has 0 amide bonds. The average molecular weight is 283 g/mol. The number of aryl methyl sites for hydroxylation is 1. The second-order valence-electron chi connectivity index (χ2n) is 4.52. The SMILES string of the molecule is CNC1CCCc2sc(-c3ncc(Cl)n3C)nc21. The molecule has 0 spiro atoms. The molecular weight excluding hydrogens is 268 g/mol. The van der Waals surface area contributed by atoms with Gasteiger partial charge in [-0.2, -0.15) is 0 Å². The minimum atomic E-state index is 0.384. The highest BCUT2D eigenvalue weighted by molar-refractivity contribution is 7.15. The second kappa shape index (κ2) is 4.64. The van der Waals surface area contributed by atoms with Gasteiger partial charge < -0.3 is 9.88 Å². The van der Waals surface area contributed by atoms with Crippen LogP contribution in [-0.2, 0) is 13.5 Å². The Morgan fingerprint density at radius 3 is 3.06 bits per heavy atom. The fourth-order valence-electron chi connectivity index (χ4n) is 2.38. The number of hydrogen-bond donors (Lipinski definition) is 1. The first kappa shape index (κ1) is 12.1. The van der Waals surface area contributed by atoms with E-state index < -0.39 is 0 Å². The number of halogens is 1. The third kappa shape index (κ3) is 1.86. The van der Waals surface area contributed by atoms with Gasteiger partial charge in [0.2, 0.25) is 0 Å². The second-order valence-corrected chi connectivity index (χ2v) is 6.00. The van der Waals surface area contributed by atoms with E-state index in [4.69, 9.17) is 16.6 Å². The lowest BCUT2D eigenvalue weighted by atomic mass is 9.98. The van der Waals surface area contributed by atoms with Gasteiger partial charge in [0.1, 0.15) is 5.15 Å². The molecule has 1 atom stereocenters. The van der Waals surface area contributed by atoms with E-state index in [1.165, 1.54) is 17.0 Å². The van der Waals surface area contributed by atoms with E-state index in [0.717, 1.165) is 23.7 Å². The van der Waals surface area contributed by atoms with Crippen LogP contribution in [0.1, 0.15) is 29.5 Å². The summed E-state index contributed by atoms with van der Waals surface area (Å²) < 4.78 is 1.88. The fraction of sp³-hybridized carbons (Fsp3) is 0.500. The van der Waals surface area contributed by atoms with Gasteiger partial charge in [0, 0.05) is 11.9 Å². The molecule has 1 aliphatic rings. The molecule has 2 heterocycles. The molecule has 96 valence electrons. The van der Waals surface area contributed by atoms with Gasteiger partial charge in [0.15, 0.2) is 10.8 Å². The number of thiazole rings is 1. The highest BCUT2D eigenvalue weighted by atomic mass is 35.5. The molecule has 0 radical (unpaired) electrons. The Morgan fingerprint density at radius 1 is 1.56 bits per heavy atom. The molecule has 18 heavy (non-hydrogen) atoms. The maximum Gasteiger partial charge on any atom is 0.170 e. The van der Waals surface area contributed by atoms with Crippen LogP contribution in [0.3, 0.4) is 0 Å². The van der Waals surface area contributed by atoms with Gasteiger partial charge in [0.25, 0.3) is 0 Å². The number of imidazole rings is 1. The van der Waals surface area contributed by atoms with Crippen molar-refractivity contribution >= 4 is 22.9 Å². The number of nitrogens with zero attached hydrogens (tertiary/aromatic N) is 3. The molecule has 4 nitrogen and oxygen atoms in total. The molecule has 1 aliphatic carbocycles. The summed E-state index contributed by atoms with van der Waals surface area (Å²) >= 11 is 7.77. The van der Waals surface area contributed by atoms with Crippen LogP contribution in [0.5, 0.6) is 0 Å². The predicted octanol–water partition coefficient (Wildman–Crippen LogP) is 2.79. The molecule has 1 unspecified atom stereocenters. The number of aromatic nitrogens is 3. The first-order valence-electron chi connectivity index (χ1n) is 6.05. The third-order valence-electron chi connectivity index (χ3n) is 3.43. The Labute approximate surface area is 115 Å². The Balaban J connectivity index is 2.05. The van der Waals surface area contributed by atoms with Crippen LogP contribution in [0, 0.1) is 0 Å². The Hall–Kier alpha value is -0.910. The average Bonchev–Trinajstić information content (AvgIpc) is 2.94. The third-order valence-corrected chi connectivity index (χ3v) is 4.90. The van der Waals surface area contributed by atoms with E-state index in [9.17, 15) is 0 Å². The molecule has 2 aromatic rings. The number of nitrogens with one attached hydrogen (secondary N) is 1. The van der Waals surface area contributed by atoms with Crippen molar-refractivity contribution in [3.63, 3.8) is 0 Å². The predicted molar refractivity (Wildman–Crippen MR) is 74.1 cm³/mol. The molecule has 0 saturated carbocycles. The first-order chi connectivity index (χ1) is 8.70. The van der Waals surface area contributed by atoms with E-state index >= 15 is 0 Å². The Morgan fingerprint density at radius 2 is 2.39 bits per heavy atom. The summed E-state index contributed by atoms with van der Waals surface area (Å²) in [6.07, 6.45) is 5.19. The molecule has 6 heteroatoms. The lowest BCUT2D eigenvalue weighted by Gasteiger charge is -2.19. The molecule has 0 fully saturated rings. The van der Waals surface area contributed by atoms with Crippen LogP contribution in [0.15, 0.2) is 6.20 Å². The maximum absolute atomic E-state index is 6.03. The zero-order valence-corrected chi connectivity index (χ0v) is 12.0. The van der Waals surface area contributed by atoms with Crippen molar-refractivity contribution in [1.29, 1.82) is 0 Å². The summed E-state index contributed by atoms with van der Waals surface area (Å²) in [5.41, 5.74) is 1.20. The van der Waals surface area contributed by atoms with Crippen LogP contribution >= 0.6 is 22.9 Å². The highest BCUT2D eigenvalue weighted by Gasteiger charge is 2.25. The van der Waals surface area contributed by atoms with E-state index in [1.54, 1.807) is 17.5 Å². The van der Waals surface area contributed by atoms with E-state index in [1.807, 2.05) is 18.7 Å². The summed E-state index contributed by atoms with van der Waals surface area (Å²) in [5.74, 6) is 0.856. The molecule has 0 bridgehead atoms. The molecule has 0 aliphatic heterocycles. The quantitative estimate of drug-likeness (QED) is 0.921. The van der Waals surface area contributed by atoms with Crippen molar-refractivity contribution in [2.24, 2.45) is 7.05 Å². The normalized spacial score (nSPS) is 18.9. The number of hydrogen-bond acceptors (Lipinski definition) is 4. The lowest BCUT2D eigenvalue weighted by molar-refractivity contribution is 0.490. The van der Waals surface area contributed by atoms with Gasteiger partial charge in [-0.05, 0) is 26.3 Å². The number of fused-ring (bicyclic) bond motifs is 1. The van der Waals surface area contributed by atoms with E-state index in [0.29, 0.717) is 11.2 Å². The van der Waals surface area contributed by atoms with Crippen molar-refractivity contribution in [3.05, 3.63) is 21.9 Å². The van der Waals surface area contributed by atoms with Crippen LogP contribution in [-0.4, -0.2) is 21.6 Å². The standard InChI is InChI=1S/C12H15ClN4S/c1-14-7-4-3-5-8-10(7)16-12(18-8)11-15-6-9(13)17(11)2/h6-7,14H,3-5H2,1-2H3. The largest absolute Gasteiger partial charge is 0.316 e. The molecule has 0 aromatic carbocycles. The molecule has 1 N–H and O–H groups in total. The van der Waals surface area contributed by atoms with Gasteiger partial charge in [-0.3, -0.25) is 0 Å².